The maximum absolute atomic E-state index is 4.47. The van der Waals surface area contributed by atoms with Gasteiger partial charge in [-0.05, 0) is 42.0 Å². The lowest BCUT2D eigenvalue weighted by Gasteiger charge is -2.08. The van der Waals surface area contributed by atoms with Gasteiger partial charge < -0.3 is 4.57 Å². The van der Waals surface area contributed by atoms with Crippen molar-refractivity contribution in [2.24, 2.45) is 0 Å². The molecular weight excluding hydrogens is 390 g/mol. The Bertz CT molecular complexity index is 777. The van der Waals surface area contributed by atoms with Crippen LogP contribution in [0, 0.1) is 0 Å². The highest BCUT2D eigenvalue weighted by Crippen LogP contribution is 2.39. The molecule has 1 aliphatic rings. The Kier molecular flexibility index (Phi) is 4.55. The van der Waals surface area contributed by atoms with Crippen molar-refractivity contribution in [1.29, 1.82) is 0 Å². The maximum atomic E-state index is 4.47. The molecule has 1 aliphatic carbocycles. The van der Waals surface area contributed by atoms with Crippen LogP contribution in [0.5, 0.6) is 0 Å². The van der Waals surface area contributed by atoms with Crippen LogP contribution >= 0.6 is 39.0 Å². The number of nitrogens with zero attached hydrogens (tertiary/aromatic N) is 3. The number of hydrogen-bond acceptors (Lipinski definition) is 4. The molecule has 0 N–H and O–H groups in total. The molecule has 6 heteroatoms. The van der Waals surface area contributed by atoms with Gasteiger partial charge in [-0.1, -0.05) is 45.9 Å². The predicted octanol–water partition coefficient (Wildman–Crippen LogP) is 5.32. The smallest absolute Gasteiger partial charge is 0.191 e. The first kappa shape index (κ1) is 15.4. The molecule has 2 heterocycles. The van der Waals surface area contributed by atoms with Crippen molar-refractivity contribution >= 4 is 39.0 Å². The molecule has 1 saturated carbocycles. The minimum Gasteiger partial charge on any atom is -0.303 e. The largest absolute Gasteiger partial charge is 0.303 e. The van der Waals surface area contributed by atoms with E-state index in [1.807, 2.05) is 0 Å². The van der Waals surface area contributed by atoms with Gasteiger partial charge in [0.1, 0.15) is 5.82 Å². The van der Waals surface area contributed by atoms with Crippen molar-refractivity contribution in [3.8, 4) is 0 Å². The van der Waals surface area contributed by atoms with Crippen LogP contribution in [0.3, 0.4) is 0 Å². The second kappa shape index (κ2) is 6.79. The third-order valence-corrected chi connectivity index (χ3v) is 6.26. The fourth-order valence-corrected chi connectivity index (χ4v) is 4.47. The number of halogens is 1. The summed E-state index contributed by atoms with van der Waals surface area (Å²) in [6.45, 7) is 0. The van der Waals surface area contributed by atoms with Gasteiger partial charge in [0, 0.05) is 27.6 Å². The molecule has 3 aromatic rings. The second-order valence-electron chi connectivity index (χ2n) is 5.67. The van der Waals surface area contributed by atoms with Crippen molar-refractivity contribution in [1.82, 2.24) is 14.8 Å². The number of thiophene rings is 1. The zero-order valence-corrected chi connectivity index (χ0v) is 15.7. The molecule has 0 spiro atoms. The minimum atomic E-state index is 0.604. The molecule has 0 amide bonds. The van der Waals surface area contributed by atoms with Crippen molar-refractivity contribution in [3.63, 3.8) is 0 Å². The average Bonchev–Trinajstić information content (AvgIpc) is 3.11. The summed E-state index contributed by atoms with van der Waals surface area (Å²) >= 11 is 7.05. The molecule has 23 heavy (non-hydrogen) atoms. The topological polar surface area (TPSA) is 30.7 Å². The summed E-state index contributed by atoms with van der Waals surface area (Å²) in [7, 11) is 0. The van der Waals surface area contributed by atoms with E-state index < -0.39 is 0 Å². The molecule has 0 unspecified atom stereocenters. The third-order valence-electron chi connectivity index (χ3n) is 3.84. The van der Waals surface area contributed by atoms with Crippen LogP contribution in [0.15, 0.2) is 51.4 Å². The van der Waals surface area contributed by atoms with Crippen molar-refractivity contribution in [2.75, 3.05) is 0 Å². The quantitative estimate of drug-likeness (QED) is 0.519. The SMILES string of the molecule is Brc1ccc(CSc2nnc(Cc3cccs3)n2C2CC2)cc1. The third kappa shape index (κ3) is 3.70. The average molecular weight is 406 g/mol. The van der Waals surface area contributed by atoms with Crippen molar-refractivity contribution in [2.45, 2.75) is 36.2 Å². The van der Waals surface area contributed by atoms with Gasteiger partial charge in [0.25, 0.3) is 0 Å². The number of benzene rings is 1. The molecule has 0 atom stereocenters. The normalized spacial score (nSPS) is 14.3. The fourth-order valence-electron chi connectivity index (χ4n) is 2.52. The lowest BCUT2D eigenvalue weighted by Crippen LogP contribution is -2.03. The van der Waals surface area contributed by atoms with E-state index in [0.29, 0.717) is 6.04 Å². The zero-order valence-electron chi connectivity index (χ0n) is 12.5. The highest BCUT2D eigenvalue weighted by Gasteiger charge is 2.29. The highest BCUT2D eigenvalue weighted by atomic mass is 79.9. The van der Waals surface area contributed by atoms with Crippen LogP contribution in [0.1, 0.15) is 35.1 Å². The summed E-state index contributed by atoms with van der Waals surface area (Å²) in [5, 5.41) is 12.1. The molecule has 1 aromatic carbocycles. The van der Waals surface area contributed by atoms with Crippen LogP contribution in [0.4, 0.5) is 0 Å². The highest BCUT2D eigenvalue weighted by molar-refractivity contribution is 9.10. The van der Waals surface area contributed by atoms with Gasteiger partial charge in [-0.3, -0.25) is 0 Å². The summed E-state index contributed by atoms with van der Waals surface area (Å²) in [5.41, 5.74) is 1.31. The monoisotopic (exact) mass is 405 g/mol. The van der Waals surface area contributed by atoms with Crippen LogP contribution in [0.25, 0.3) is 0 Å². The van der Waals surface area contributed by atoms with Gasteiger partial charge in [-0.25, -0.2) is 0 Å². The first-order chi connectivity index (χ1) is 11.3. The number of aromatic nitrogens is 3. The van der Waals surface area contributed by atoms with Crippen LogP contribution in [-0.4, -0.2) is 14.8 Å². The van der Waals surface area contributed by atoms with Gasteiger partial charge in [0.15, 0.2) is 5.16 Å². The van der Waals surface area contributed by atoms with Gasteiger partial charge in [0.05, 0.1) is 0 Å². The molecule has 0 saturated heterocycles. The molecular formula is C17H16BrN3S2. The van der Waals surface area contributed by atoms with Gasteiger partial charge in [0.2, 0.25) is 0 Å². The Hall–Kier alpha value is -1.11. The van der Waals surface area contributed by atoms with E-state index in [0.717, 1.165) is 27.6 Å². The lowest BCUT2D eigenvalue weighted by atomic mass is 10.2. The Morgan fingerprint density at radius 1 is 1.17 bits per heavy atom. The minimum absolute atomic E-state index is 0.604. The van der Waals surface area contributed by atoms with Gasteiger partial charge in [-0.2, -0.15) is 0 Å². The molecule has 118 valence electrons. The Balaban J connectivity index is 1.51. The fraction of sp³-hybridized carbons (Fsp3) is 0.294. The summed E-state index contributed by atoms with van der Waals surface area (Å²) in [6.07, 6.45) is 3.39. The zero-order chi connectivity index (χ0) is 15.6. The van der Waals surface area contributed by atoms with E-state index >= 15 is 0 Å². The molecule has 4 rings (SSSR count). The van der Waals surface area contributed by atoms with Crippen LogP contribution in [-0.2, 0) is 12.2 Å². The second-order valence-corrected chi connectivity index (χ2v) is 8.56. The van der Waals surface area contributed by atoms with E-state index in [1.165, 1.54) is 23.3 Å². The van der Waals surface area contributed by atoms with Crippen molar-refractivity contribution in [3.05, 3.63) is 62.5 Å². The van der Waals surface area contributed by atoms with Crippen LogP contribution in [0.2, 0.25) is 0 Å². The number of thioether (sulfide) groups is 1. The predicted molar refractivity (Wildman–Crippen MR) is 99.1 cm³/mol. The Morgan fingerprint density at radius 3 is 2.70 bits per heavy atom. The first-order valence-corrected chi connectivity index (χ1v) is 10.3. The summed E-state index contributed by atoms with van der Waals surface area (Å²) in [4.78, 5) is 1.35. The van der Waals surface area contributed by atoms with E-state index in [-0.39, 0.29) is 0 Å². The molecule has 0 aliphatic heterocycles. The number of hydrogen-bond donors (Lipinski definition) is 0. The molecule has 1 fully saturated rings. The van der Waals surface area contributed by atoms with E-state index in [2.05, 4.69) is 72.5 Å². The molecule has 3 nitrogen and oxygen atoms in total. The Morgan fingerprint density at radius 2 is 2.00 bits per heavy atom. The lowest BCUT2D eigenvalue weighted by molar-refractivity contribution is 0.635. The molecule has 0 bridgehead atoms. The molecule has 2 aromatic heterocycles. The van der Waals surface area contributed by atoms with E-state index in [1.54, 1.807) is 23.1 Å². The van der Waals surface area contributed by atoms with Gasteiger partial charge >= 0.3 is 0 Å². The number of rotatable bonds is 6. The molecule has 0 radical (unpaired) electrons. The summed E-state index contributed by atoms with van der Waals surface area (Å²) in [6, 6.07) is 13.4. The standard InChI is InChI=1S/C17H16BrN3S2/c18-13-5-3-12(4-6-13)11-23-17-20-19-16(21(17)14-7-8-14)10-15-2-1-9-22-15/h1-6,9,14H,7-8,10-11H2. The van der Waals surface area contributed by atoms with E-state index in [4.69, 9.17) is 0 Å². The summed E-state index contributed by atoms with van der Waals surface area (Å²) in [5.74, 6) is 2.03. The summed E-state index contributed by atoms with van der Waals surface area (Å²) < 4.78 is 3.48. The van der Waals surface area contributed by atoms with Crippen LogP contribution < -0.4 is 0 Å². The van der Waals surface area contributed by atoms with Gasteiger partial charge in [-0.15, -0.1) is 21.5 Å². The van der Waals surface area contributed by atoms with Crippen molar-refractivity contribution < 1.29 is 0 Å². The Labute approximate surface area is 152 Å². The first-order valence-electron chi connectivity index (χ1n) is 7.63. The van der Waals surface area contributed by atoms with E-state index in [9.17, 15) is 0 Å². The maximum Gasteiger partial charge on any atom is 0.191 e.